The second-order valence-electron chi connectivity index (χ2n) is 7.05. The summed E-state index contributed by atoms with van der Waals surface area (Å²) >= 11 is 0. The molecule has 2 N–H and O–H groups in total. The van der Waals surface area contributed by atoms with E-state index in [1.165, 1.54) is 16.7 Å². The van der Waals surface area contributed by atoms with Crippen LogP contribution in [0.4, 0.5) is 0 Å². The number of rotatable bonds is 7. The molecule has 0 saturated carbocycles. The van der Waals surface area contributed by atoms with Gasteiger partial charge in [-0.05, 0) is 48.6 Å². The molecule has 1 heterocycles. The highest BCUT2D eigenvalue weighted by atomic mass is 16.5. The molecule has 0 radical (unpaired) electrons. The van der Waals surface area contributed by atoms with Crippen molar-refractivity contribution in [3.8, 4) is 5.75 Å². The highest BCUT2D eigenvalue weighted by molar-refractivity contribution is 5.85. The smallest absolute Gasteiger partial charge is 0.244 e. The zero-order valence-electron chi connectivity index (χ0n) is 17.3. The SMILES string of the molecule is CCNC(=NCC(=O)N1CCc2ccccc2C1)NCCc1ccc(OC)cc1. The summed E-state index contributed by atoms with van der Waals surface area (Å²) < 4.78 is 5.19. The van der Waals surface area contributed by atoms with Gasteiger partial charge in [0.1, 0.15) is 12.3 Å². The van der Waals surface area contributed by atoms with Gasteiger partial charge in [0.05, 0.1) is 7.11 Å². The van der Waals surface area contributed by atoms with Crippen LogP contribution in [0, 0.1) is 0 Å². The average molecular weight is 395 g/mol. The second-order valence-corrected chi connectivity index (χ2v) is 7.05. The summed E-state index contributed by atoms with van der Waals surface area (Å²) in [4.78, 5) is 19.0. The predicted molar refractivity (Wildman–Crippen MR) is 116 cm³/mol. The Bertz CT molecular complexity index is 833. The molecule has 0 fully saturated rings. The standard InChI is InChI=1S/C23H30N4O2/c1-3-24-23(25-14-12-18-8-10-21(29-2)11-9-18)26-16-22(28)27-15-13-19-6-4-5-7-20(19)17-27/h4-11H,3,12-17H2,1-2H3,(H2,24,25,26). The number of guanidine groups is 1. The lowest BCUT2D eigenvalue weighted by molar-refractivity contribution is -0.130. The Hall–Kier alpha value is -3.02. The Morgan fingerprint density at radius 3 is 2.59 bits per heavy atom. The largest absolute Gasteiger partial charge is 0.497 e. The van der Waals surface area contributed by atoms with E-state index in [0.29, 0.717) is 12.5 Å². The lowest BCUT2D eigenvalue weighted by Crippen LogP contribution is -2.41. The van der Waals surface area contributed by atoms with Crippen LogP contribution in [0.25, 0.3) is 0 Å². The van der Waals surface area contributed by atoms with Crippen LogP contribution in [0.15, 0.2) is 53.5 Å². The maximum atomic E-state index is 12.6. The summed E-state index contributed by atoms with van der Waals surface area (Å²) in [5.41, 5.74) is 3.80. The minimum atomic E-state index is 0.0619. The Morgan fingerprint density at radius 1 is 1.10 bits per heavy atom. The van der Waals surface area contributed by atoms with Crippen LogP contribution in [-0.2, 0) is 24.2 Å². The molecule has 0 aliphatic carbocycles. The number of carbonyl (C=O) groups excluding carboxylic acids is 1. The van der Waals surface area contributed by atoms with Crippen molar-refractivity contribution in [2.45, 2.75) is 26.3 Å². The summed E-state index contributed by atoms with van der Waals surface area (Å²) in [6.45, 7) is 5.09. The monoisotopic (exact) mass is 394 g/mol. The average Bonchev–Trinajstić information content (AvgIpc) is 2.77. The second kappa shape index (κ2) is 10.5. The van der Waals surface area contributed by atoms with Crippen molar-refractivity contribution in [1.29, 1.82) is 0 Å². The number of hydrogen-bond acceptors (Lipinski definition) is 3. The molecule has 154 valence electrons. The first-order chi connectivity index (χ1) is 14.2. The van der Waals surface area contributed by atoms with Crippen LogP contribution in [0.3, 0.4) is 0 Å². The molecule has 0 bridgehead atoms. The molecular weight excluding hydrogens is 364 g/mol. The molecule has 6 nitrogen and oxygen atoms in total. The number of methoxy groups -OCH3 is 1. The first-order valence-corrected chi connectivity index (χ1v) is 10.2. The maximum Gasteiger partial charge on any atom is 0.244 e. The zero-order valence-corrected chi connectivity index (χ0v) is 17.3. The van der Waals surface area contributed by atoms with E-state index < -0.39 is 0 Å². The fourth-order valence-corrected chi connectivity index (χ4v) is 3.41. The summed E-state index contributed by atoms with van der Waals surface area (Å²) in [6.07, 6.45) is 1.77. The number of benzene rings is 2. The van der Waals surface area contributed by atoms with Crippen molar-refractivity contribution >= 4 is 11.9 Å². The Kier molecular flexibility index (Phi) is 7.50. The first-order valence-electron chi connectivity index (χ1n) is 10.2. The Balaban J connectivity index is 1.49. The lowest BCUT2D eigenvalue weighted by Gasteiger charge is -2.28. The zero-order chi connectivity index (χ0) is 20.5. The molecule has 1 aliphatic rings. The van der Waals surface area contributed by atoms with E-state index >= 15 is 0 Å². The van der Waals surface area contributed by atoms with Gasteiger partial charge in [-0.15, -0.1) is 0 Å². The molecule has 29 heavy (non-hydrogen) atoms. The molecule has 0 atom stereocenters. The fourth-order valence-electron chi connectivity index (χ4n) is 3.41. The van der Waals surface area contributed by atoms with Crippen LogP contribution < -0.4 is 15.4 Å². The maximum absolute atomic E-state index is 12.6. The van der Waals surface area contributed by atoms with Crippen molar-refractivity contribution in [2.75, 3.05) is 33.3 Å². The van der Waals surface area contributed by atoms with Crippen LogP contribution in [-0.4, -0.2) is 50.1 Å². The molecule has 2 aromatic rings. The number of carbonyl (C=O) groups is 1. The van der Waals surface area contributed by atoms with E-state index in [9.17, 15) is 4.79 Å². The summed E-state index contributed by atoms with van der Waals surface area (Å²) in [5, 5.41) is 6.52. The number of nitrogens with zero attached hydrogens (tertiary/aromatic N) is 2. The third kappa shape index (κ3) is 5.98. The van der Waals surface area contributed by atoms with Gasteiger partial charge < -0.3 is 20.3 Å². The minimum Gasteiger partial charge on any atom is -0.497 e. The van der Waals surface area contributed by atoms with Crippen LogP contribution in [0.5, 0.6) is 5.75 Å². The van der Waals surface area contributed by atoms with E-state index in [1.54, 1.807) is 7.11 Å². The van der Waals surface area contributed by atoms with Crippen LogP contribution in [0.2, 0.25) is 0 Å². The van der Waals surface area contributed by atoms with Gasteiger partial charge in [0.2, 0.25) is 5.91 Å². The molecule has 3 rings (SSSR count). The molecule has 1 aliphatic heterocycles. The van der Waals surface area contributed by atoms with Gasteiger partial charge in [-0.2, -0.15) is 0 Å². The van der Waals surface area contributed by atoms with Gasteiger partial charge in [-0.3, -0.25) is 4.79 Å². The molecule has 0 unspecified atom stereocenters. The molecule has 1 amide bonds. The number of nitrogens with one attached hydrogen (secondary N) is 2. The highest BCUT2D eigenvalue weighted by Gasteiger charge is 2.19. The first kappa shape index (κ1) is 20.7. The van der Waals surface area contributed by atoms with Gasteiger partial charge in [0.15, 0.2) is 5.96 Å². The lowest BCUT2D eigenvalue weighted by atomic mass is 10.00. The van der Waals surface area contributed by atoms with Crippen molar-refractivity contribution in [2.24, 2.45) is 4.99 Å². The third-order valence-corrected chi connectivity index (χ3v) is 5.07. The molecule has 0 saturated heterocycles. The van der Waals surface area contributed by atoms with Crippen LogP contribution >= 0.6 is 0 Å². The van der Waals surface area contributed by atoms with E-state index in [2.05, 4.69) is 46.0 Å². The number of aliphatic imine (C=N–C) groups is 1. The van der Waals surface area contributed by atoms with E-state index in [1.807, 2.05) is 30.0 Å². The Labute approximate surface area is 173 Å². The quantitative estimate of drug-likeness (QED) is 0.559. The molecule has 0 spiro atoms. The third-order valence-electron chi connectivity index (χ3n) is 5.07. The van der Waals surface area contributed by atoms with Gasteiger partial charge in [-0.1, -0.05) is 36.4 Å². The summed E-state index contributed by atoms with van der Waals surface area (Å²) in [7, 11) is 1.67. The number of hydrogen-bond donors (Lipinski definition) is 2. The van der Waals surface area contributed by atoms with E-state index in [4.69, 9.17) is 4.74 Å². The van der Waals surface area contributed by atoms with Crippen molar-refractivity contribution in [3.05, 3.63) is 65.2 Å². The number of ether oxygens (including phenoxy) is 1. The van der Waals surface area contributed by atoms with Gasteiger partial charge in [-0.25, -0.2) is 4.99 Å². The molecular formula is C23H30N4O2. The van der Waals surface area contributed by atoms with Crippen LogP contribution in [0.1, 0.15) is 23.6 Å². The topological polar surface area (TPSA) is 66.0 Å². The number of amides is 1. The van der Waals surface area contributed by atoms with Crippen molar-refractivity contribution in [3.63, 3.8) is 0 Å². The fraction of sp³-hybridized carbons (Fsp3) is 0.391. The van der Waals surface area contributed by atoms with Crippen molar-refractivity contribution < 1.29 is 9.53 Å². The van der Waals surface area contributed by atoms with E-state index in [-0.39, 0.29) is 12.5 Å². The predicted octanol–water partition coefficient (Wildman–Crippen LogP) is 2.38. The Morgan fingerprint density at radius 2 is 1.86 bits per heavy atom. The minimum absolute atomic E-state index is 0.0619. The van der Waals surface area contributed by atoms with Gasteiger partial charge in [0, 0.05) is 26.2 Å². The number of fused-ring (bicyclic) bond motifs is 1. The summed E-state index contributed by atoms with van der Waals surface area (Å²) in [5.74, 6) is 1.59. The summed E-state index contributed by atoms with van der Waals surface area (Å²) in [6, 6.07) is 16.4. The van der Waals surface area contributed by atoms with Crippen molar-refractivity contribution in [1.82, 2.24) is 15.5 Å². The molecule has 0 aromatic heterocycles. The molecule has 6 heteroatoms. The van der Waals surface area contributed by atoms with E-state index in [0.717, 1.165) is 38.2 Å². The highest BCUT2D eigenvalue weighted by Crippen LogP contribution is 2.18. The molecule has 2 aromatic carbocycles. The normalized spacial score (nSPS) is 13.6. The van der Waals surface area contributed by atoms with Gasteiger partial charge >= 0.3 is 0 Å². The van der Waals surface area contributed by atoms with Gasteiger partial charge in [0.25, 0.3) is 0 Å².